The summed E-state index contributed by atoms with van der Waals surface area (Å²) in [6.45, 7) is 3.71. The van der Waals surface area contributed by atoms with Crippen molar-refractivity contribution in [3.63, 3.8) is 0 Å². The minimum Gasteiger partial charge on any atom is -0.346 e. The van der Waals surface area contributed by atoms with E-state index in [1.807, 2.05) is 13.8 Å². The summed E-state index contributed by atoms with van der Waals surface area (Å²) in [5.41, 5.74) is 0. The minimum absolute atomic E-state index is 0. The van der Waals surface area contributed by atoms with Crippen LogP contribution in [-0.2, 0) is 9.59 Å². The zero-order chi connectivity index (χ0) is 8.43. The summed E-state index contributed by atoms with van der Waals surface area (Å²) >= 11 is 0. The third-order valence-corrected chi connectivity index (χ3v) is 1.91. The van der Waals surface area contributed by atoms with E-state index in [4.69, 9.17) is 0 Å². The molecule has 1 aliphatic rings. The average molecular weight is 157 g/mol. The van der Waals surface area contributed by atoms with Gasteiger partial charge in [0.25, 0.3) is 0 Å². The van der Waals surface area contributed by atoms with E-state index < -0.39 is 0 Å². The first-order valence-corrected chi connectivity index (χ1v) is 3.94. The molecule has 0 spiro atoms. The Morgan fingerprint density at radius 2 is 2.36 bits per heavy atom. The highest BCUT2D eigenvalue weighted by Gasteiger charge is 2.28. The van der Waals surface area contributed by atoms with E-state index in [2.05, 4.69) is 5.32 Å². The highest BCUT2D eigenvalue weighted by Crippen LogP contribution is 2.11. The van der Waals surface area contributed by atoms with Crippen molar-refractivity contribution in [3.05, 3.63) is 0 Å². The van der Waals surface area contributed by atoms with Gasteiger partial charge in [-0.05, 0) is 6.42 Å². The van der Waals surface area contributed by atoms with Gasteiger partial charge in [0.1, 0.15) is 0 Å². The van der Waals surface area contributed by atoms with E-state index in [1.54, 1.807) is 0 Å². The lowest BCUT2D eigenvalue weighted by atomic mass is 10.0. The number of ketones is 1. The largest absolute Gasteiger partial charge is 0.346 e. The number of carbonyl (C=O) groups is 2. The van der Waals surface area contributed by atoms with Crippen LogP contribution in [0.15, 0.2) is 0 Å². The van der Waals surface area contributed by atoms with Gasteiger partial charge < -0.3 is 5.32 Å². The van der Waals surface area contributed by atoms with Crippen LogP contribution in [0.5, 0.6) is 0 Å². The van der Waals surface area contributed by atoms with Gasteiger partial charge in [-0.25, -0.2) is 0 Å². The van der Waals surface area contributed by atoms with Crippen LogP contribution >= 0.6 is 0 Å². The molecular formula is C8H15NO2. The lowest BCUT2D eigenvalue weighted by Gasteiger charge is -2.10. The van der Waals surface area contributed by atoms with Gasteiger partial charge in [0.05, 0.1) is 6.04 Å². The van der Waals surface area contributed by atoms with Crippen LogP contribution in [0.2, 0.25) is 0 Å². The maximum atomic E-state index is 11.3. The maximum Gasteiger partial charge on any atom is 0.220 e. The number of Topliss-reactive ketones (excluding diaryl/α,β-unsaturated/α-hetero) is 1. The molecule has 3 heteroatoms. The first kappa shape index (κ1) is 8.24. The number of carbonyl (C=O) groups excluding carboxylic acids is 2. The van der Waals surface area contributed by atoms with Crippen LogP contribution in [0.25, 0.3) is 0 Å². The van der Waals surface area contributed by atoms with Crippen molar-refractivity contribution in [1.82, 2.24) is 5.32 Å². The highest BCUT2D eigenvalue weighted by molar-refractivity contribution is 5.92. The van der Waals surface area contributed by atoms with Gasteiger partial charge in [0.2, 0.25) is 5.91 Å². The molecule has 0 aromatic rings. The fourth-order valence-corrected chi connectivity index (χ4v) is 1.23. The first-order chi connectivity index (χ1) is 5.11. The molecule has 0 aromatic heterocycles. The van der Waals surface area contributed by atoms with Gasteiger partial charge in [-0.1, -0.05) is 13.8 Å². The van der Waals surface area contributed by atoms with Crippen LogP contribution in [-0.4, -0.2) is 17.7 Å². The van der Waals surface area contributed by atoms with Crippen LogP contribution in [0.3, 0.4) is 0 Å². The van der Waals surface area contributed by atoms with Gasteiger partial charge >= 0.3 is 0 Å². The normalized spacial score (nSPS) is 23.9. The fourth-order valence-electron chi connectivity index (χ4n) is 1.23. The van der Waals surface area contributed by atoms with Gasteiger partial charge in [0, 0.05) is 13.8 Å². The summed E-state index contributed by atoms with van der Waals surface area (Å²) in [6, 6.07) is -0.206. The molecule has 1 fully saturated rings. The molecule has 1 rings (SSSR count). The van der Waals surface area contributed by atoms with Gasteiger partial charge in [0.15, 0.2) is 5.78 Å². The predicted molar refractivity (Wildman–Crippen MR) is 43.1 cm³/mol. The standard InChI is InChI=1S/C8H13NO2.H2/c1-5(2)8(11)6-3-4-7(10)9-6;/h5-6H,3-4H2,1-2H3,(H,9,10);1H/t6-;/m1./s1. The lowest BCUT2D eigenvalue weighted by Crippen LogP contribution is -2.35. The molecule has 0 aliphatic carbocycles. The zero-order valence-electron chi connectivity index (χ0n) is 6.89. The monoisotopic (exact) mass is 157 g/mol. The van der Waals surface area contributed by atoms with Crippen molar-refractivity contribution in [3.8, 4) is 0 Å². The SMILES string of the molecule is CC(C)C(=O)[C@H]1CCC(=O)N1.[HH]. The van der Waals surface area contributed by atoms with Crippen molar-refractivity contribution in [1.29, 1.82) is 0 Å². The van der Waals surface area contributed by atoms with Crippen molar-refractivity contribution in [2.45, 2.75) is 32.7 Å². The van der Waals surface area contributed by atoms with Crippen molar-refractivity contribution >= 4 is 11.7 Å². The molecule has 0 unspecified atom stereocenters. The smallest absolute Gasteiger partial charge is 0.220 e. The molecule has 3 nitrogen and oxygen atoms in total. The second-order valence-corrected chi connectivity index (χ2v) is 3.22. The second kappa shape index (κ2) is 3.03. The molecule has 1 amide bonds. The molecule has 1 atom stereocenters. The van der Waals surface area contributed by atoms with Crippen molar-refractivity contribution < 1.29 is 11.0 Å². The molecular weight excluding hydrogens is 142 g/mol. The van der Waals surface area contributed by atoms with E-state index in [0.717, 1.165) is 0 Å². The van der Waals surface area contributed by atoms with E-state index >= 15 is 0 Å². The second-order valence-electron chi connectivity index (χ2n) is 3.22. The molecule has 1 heterocycles. The molecule has 1 saturated heterocycles. The Morgan fingerprint density at radius 1 is 1.73 bits per heavy atom. The Kier molecular flexibility index (Phi) is 2.27. The van der Waals surface area contributed by atoms with Crippen LogP contribution in [0, 0.1) is 5.92 Å². The van der Waals surface area contributed by atoms with E-state index in [1.165, 1.54) is 0 Å². The van der Waals surface area contributed by atoms with Crippen molar-refractivity contribution in [2.24, 2.45) is 5.92 Å². The van der Waals surface area contributed by atoms with Gasteiger partial charge in [-0.3, -0.25) is 9.59 Å². The van der Waals surface area contributed by atoms with Gasteiger partial charge in [-0.2, -0.15) is 0 Å². The van der Waals surface area contributed by atoms with Crippen molar-refractivity contribution in [2.75, 3.05) is 0 Å². The number of rotatable bonds is 2. The Hall–Kier alpha value is -0.860. The zero-order valence-corrected chi connectivity index (χ0v) is 6.89. The molecule has 0 saturated carbocycles. The fraction of sp³-hybridized carbons (Fsp3) is 0.750. The molecule has 11 heavy (non-hydrogen) atoms. The molecule has 0 aromatic carbocycles. The quantitative estimate of drug-likeness (QED) is 0.642. The third-order valence-electron chi connectivity index (χ3n) is 1.91. The molecule has 1 N–H and O–H groups in total. The maximum absolute atomic E-state index is 11.3. The highest BCUT2D eigenvalue weighted by atomic mass is 16.2. The Morgan fingerprint density at radius 3 is 2.73 bits per heavy atom. The topological polar surface area (TPSA) is 46.2 Å². The first-order valence-electron chi connectivity index (χ1n) is 3.94. The molecule has 1 aliphatic heterocycles. The summed E-state index contributed by atoms with van der Waals surface area (Å²) in [5, 5.41) is 2.65. The van der Waals surface area contributed by atoms with Crippen LogP contribution in [0.1, 0.15) is 28.1 Å². The summed E-state index contributed by atoms with van der Waals surface area (Å²) < 4.78 is 0. The number of nitrogens with one attached hydrogen (secondary N) is 1. The third kappa shape index (κ3) is 1.79. The van der Waals surface area contributed by atoms with Crippen LogP contribution < -0.4 is 5.32 Å². The molecule has 64 valence electrons. The van der Waals surface area contributed by atoms with E-state index in [0.29, 0.717) is 12.8 Å². The Labute approximate surface area is 67.6 Å². The Bertz CT molecular complexity index is 191. The van der Waals surface area contributed by atoms with E-state index in [9.17, 15) is 9.59 Å². The van der Waals surface area contributed by atoms with E-state index in [-0.39, 0.29) is 25.1 Å². The summed E-state index contributed by atoms with van der Waals surface area (Å²) in [7, 11) is 0. The summed E-state index contributed by atoms with van der Waals surface area (Å²) in [5.74, 6) is 0.179. The number of hydrogen-bond acceptors (Lipinski definition) is 2. The predicted octanol–water partition coefficient (Wildman–Crippen LogP) is 0.736. The number of amides is 1. The van der Waals surface area contributed by atoms with Crippen LogP contribution in [0.4, 0.5) is 0 Å². The molecule has 0 radical (unpaired) electrons. The van der Waals surface area contributed by atoms with Gasteiger partial charge in [-0.15, -0.1) is 0 Å². The summed E-state index contributed by atoms with van der Waals surface area (Å²) in [6.07, 6.45) is 1.18. The minimum atomic E-state index is -0.206. The molecule has 0 bridgehead atoms. The Balaban J connectivity index is 0.00000121. The lowest BCUT2D eigenvalue weighted by molar-refractivity contribution is -0.126. The average Bonchev–Trinajstić information content (AvgIpc) is 2.34. The summed E-state index contributed by atoms with van der Waals surface area (Å²) in [4.78, 5) is 22.0. The number of hydrogen-bond donors (Lipinski definition) is 1.